The maximum Gasteiger partial charge on any atom is 0.223 e. The zero-order valence-electron chi connectivity index (χ0n) is 12.5. The third-order valence-corrected chi connectivity index (χ3v) is 5.26. The normalized spacial score (nSPS) is 40.5. The molecule has 3 N–H and O–H groups in total. The summed E-state index contributed by atoms with van der Waals surface area (Å²) in [5.74, 6) is 1.51. The zero-order chi connectivity index (χ0) is 13.8. The van der Waals surface area contributed by atoms with Crippen LogP contribution in [0.4, 0.5) is 0 Å². The minimum absolute atomic E-state index is 0.138. The van der Waals surface area contributed by atoms with Crippen LogP contribution < -0.4 is 11.1 Å². The molecule has 2 saturated carbocycles. The molecule has 0 spiro atoms. The molecule has 5 atom stereocenters. The van der Waals surface area contributed by atoms with Gasteiger partial charge < -0.3 is 11.1 Å². The molecule has 0 aliphatic heterocycles. The molecule has 2 aliphatic carbocycles. The first-order valence-electron chi connectivity index (χ1n) is 8.14. The molecule has 1 amide bonds. The highest BCUT2D eigenvalue weighted by atomic mass is 16.2. The van der Waals surface area contributed by atoms with Gasteiger partial charge >= 0.3 is 0 Å². The molecule has 2 fully saturated rings. The summed E-state index contributed by atoms with van der Waals surface area (Å²) in [4.78, 5) is 12.5. The highest BCUT2D eigenvalue weighted by molar-refractivity contribution is 5.79. The molecule has 19 heavy (non-hydrogen) atoms. The Bertz CT molecular complexity index is 305. The Hall–Kier alpha value is -0.570. The molecule has 3 nitrogen and oxygen atoms in total. The minimum Gasteiger partial charge on any atom is -0.353 e. The van der Waals surface area contributed by atoms with Crippen molar-refractivity contribution in [2.75, 3.05) is 0 Å². The second kappa shape index (κ2) is 6.74. The molecule has 0 aromatic rings. The lowest BCUT2D eigenvalue weighted by Crippen LogP contribution is -2.46. The third-order valence-electron chi connectivity index (χ3n) is 5.26. The van der Waals surface area contributed by atoms with E-state index in [1.807, 2.05) is 0 Å². The predicted molar refractivity (Wildman–Crippen MR) is 78.7 cm³/mol. The summed E-state index contributed by atoms with van der Waals surface area (Å²) in [5.41, 5.74) is 6.03. The average molecular weight is 266 g/mol. The van der Waals surface area contributed by atoms with Gasteiger partial charge in [0.05, 0.1) is 0 Å². The SMILES string of the molecule is CC1CCCCCC1NC(=O)C1CC(N)CCC1C. The monoisotopic (exact) mass is 266 g/mol. The van der Waals surface area contributed by atoms with E-state index < -0.39 is 0 Å². The van der Waals surface area contributed by atoms with Gasteiger partial charge in [-0.25, -0.2) is 0 Å². The number of nitrogens with one attached hydrogen (secondary N) is 1. The van der Waals surface area contributed by atoms with Crippen molar-refractivity contribution in [1.82, 2.24) is 5.32 Å². The first kappa shape index (κ1) is 14.8. The van der Waals surface area contributed by atoms with Gasteiger partial charge in [0.1, 0.15) is 0 Å². The van der Waals surface area contributed by atoms with E-state index in [4.69, 9.17) is 5.73 Å². The topological polar surface area (TPSA) is 55.1 Å². The highest BCUT2D eigenvalue weighted by Gasteiger charge is 2.33. The fraction of sp³-hybridized carbons (Fsp3) is 0.938. The van der Waals surface area contributed by atoms with Gasteiger partial charge in [-0.1, -0.05) is 33.1 Å². The van der Waals surface area contributed by atoms with Crippen LogP contribution in [-0.4, -0.2) is 18.0 Å². The van der Waals surface area contributed by atoms with Crippen LogP contribution in [0.15, 0.2) is 0 Å². The summed E-state index contributed by atoms with van der Waals surface area (Å²) >= 11 is 0. The molecule has 0 saturated heterocycles. The average Bonchev–Trinajstić information content (AvgIpc) is 2.58. The van der Waals surface area contributed by atoms with Crippen molar-refractivity contribution in [3.05, 3.63) is 0 Å². The second-order valence-corrected chi connectivity index (χ2v) is 6.89. The van der Waals surface area contributed by atoms with E-state index in [1.54, 1.807) is 0 Å². The second-order valence-electron chi connectivity index (χ2n) is 6.89. The number of hydrogen-bond donors (Lipinski definition) is 2. The van der Waals surface area contributed by atoms with Crippen LogP contribution in [0.3, 0.4) is 0 Å². The van der Waals surface area contributed by atoms with Crippen LogP contribution in [0.5, 0.6) is 0 Å². The van der Waals surface area contributed by atoms with Gasteiger partial charge in [0, 0.05) is 18.0 Å². The molecule has 110 valence electrons. The lowest BCUT2D eigenvalue weighted by molar-refractivity contribution is -0.128. The molecular formula is C16H30N2O. The van der Waals surface area contributed by atoms with Crippen LogP contribution >= 0.6 is 0 Å². The fourth-order valence-corrected chi connectivity index (χ4v) is 3.72. The Morgan fingerprint density at radius 2 is 1.74 bits per heavy atom. The number of carbonyl (C=O) groups is 1. The standard InChI is InChI=1S/C16H30N2O/c1-11-8-9-13(17)10-14(11)16(19)18-15-7-5-3-4-6-12(15)2/h11-15H,3-10,17H2,1-2H3,(H,18,19). The van der Waals surface area contributed by atoms with Crippen molar-refractivity contribution in [2.45, 2.75) is 77.3 Å². The molecule has 0 bridgehead atoms. The Labute approximate surface area is 117 Å². The lowest BCUT2D eigenvalue weighted by atomic mass is 9.77. The van der Waals surface area contributed by atoms with Crippen molar-refractivity contribution < 1.29 is 4.79 Å². The van der Waals surface area contributed by atoms with Crippen LogP contribution in [0.2, 0.25) is 0 Å². The molecular weight excluding hydrogens is 236 g/mol. The number of nitrogens with two attached hydrogens (primary N) is 1. The maximum atomic E-state index is 12.5. The lowest BCUT2D eigenvalue weighted by Gasteiger charge is -2.33. The van der Waals surface area contributed by atoms with Gasteiger partial charge in [0.2, 0.25) is 5.91 Å². The summed E-state index contributed by atoms with van der Waals surface area (Å²) in [6.07, 6.45) is 9.35. The van der Waals surface area contributed by atoms with Crippen LogP contribution in [0.25, 0.3) is 0 Å². The van der Waals surface area contributed by atoms with E-state index in [0.717, 1.165) is 25.7 Å². The summed E-state index contributed by atoms with van der Waals surface area (Å²) in [7, 11) is 0. The summed E-state index contributed by atoms with van der Waals surface area (Å²) in [6, 6.07) is 0.610. The van der Waals surface area contributed by atoms with Gasteiger partial charge in [0.15, 0.2) is 0 Å². The quantitative estimate of drug-likeness (QED) is 0.755. The van der Waals surface area contributed by atoms with E-state index in [9.17, 15) is 4.79 Å². The van der Waals surface area contributed by atoms with Crippen LogP contribution in [0.1, 0.15) is 65.2 Å². The predicted octanol–water partition coefficient (Wildman–Crippen LogP) is 2.83. The smallest absolute Gasteiger partial charge is 0.223 e. The molecule has 0 radical (unpaired) electrons. The van der Waals surface area contributed by atoms with E-state index in [0.29, 0.717) is 17.9 Å². The Kier molecular flexibility index (Phi) is 5.26. The highest BCUT2D eigenvalue weighted by Crippen LogP contribution is 2.30. The number of carbonyl (C=O) groups excluding carboxylic acids is 1. The minimum atomic E-state index is 0.138. The van der Waals surface area contributed by atoms with E-state index in [2.05, 4.69) is 19.2 Å². The van der Waals surface area contributed by atoms with Gasteiger partial charge in [-0.05, 0) is 43.9 Å². The molecule has 0 aromatic carbocycles. The van der Waals surface area contributed by atoms with Crippen molar-refractivity contribution in [2.24, 2.45) is 23.5 Å². The molecule has 0 aromatic heterocycles. The summed E-state index contributed by atoms with van der Waals surface area (Å²) < 4.78 is 0. The van der Waals surface area contributed by atoms with Crippen LogP contribution in [-0.2, 0) is 4.79 Å². The van der Waals surface area contributed by atoms with Crippen molar-refractivity contribution in [3.8, 4) is 0 Å². The van der Waals surface area contributed by atoms with Crippen molar-refractivity contribution >= 4 is 5.91 Å². The molecule has 5 unspecified atom stereocenters. The van der Waals surface area contributed by atoms with E-state index >= 15 is 0 Å². The van der Waals surface area contributed by atoms with Gasteiger partial charge in [-0.2, -0.15) is 0 Å². The first-order valence-corrected chi connectivity index (χ1v) is 8.14. The molecule has 3 heteroatoms. The Balaban J connectivity index is 1.91. The fourth-order valence-electron chi connectivity index (χ4n) is 3.72. The van der Waals surface area contributed by atoms with Gasteiger partial charge in [-0.3, -0.25) is 4.79 Å². The largest absolute Gasteiger partial charge is 0.353 e. The Morgan fingerprint density at radius 3 is 2.53 bits per heavy atom. The number of rotatable bonds is 2. The van der Waals surface area contributed by atoms with E-state index in [1.165, 1.54) is 25.7 Å². The first-order chi connectivity index (χ1) is 9.08. The van der Waals surface area contributed by atoms with Gasteiger partial charge in [0.25, 0.3) is 0 Å². The molecule has 0 heterocycles. The summed E-state index contributed by atoms with van der Waals surface area (Å²) in [6.45, 7) is 4.49. The Morgan fingerprint density at radius 1 is 1.00 bits per heavy atom. The number of hydrogen-bond acceptors (Lipinski definition) is 2. The molecule has 2 rings (SSSR count). The van der Waals surface area contributed by atoms with Crippen LogP contribution in [0, 0.1) is 17.8 Å². The third kappa shape index (κ3) is 3.95. The van der Waals surface area contributed by atoms with E-state index in [-0.39, 0.29) is 17.9 Å². The molecule has 2 aliphatic rings. The zero-order valence-corrected chi connectivity index (χ0v) is 12.5. The number of amides is 1. The maximum absolute atomic E-state index is 12.5. The van der Waals surface area contributed by atoms with Gasteiger partial charge in [-0.15, -0.1) is 0 Å². The summed E-state index contributed by atoms with van der Waals surface area (Å²) in [5, 5.41) is 3.33. The van der Waals surface area contributed by atoms with Crippen molar-refractivity contribution in [3.63, 3.8) is 0 Å². The van der Waals surface area contributed by atoms with Crippen molar-refractivity contribution in [1.29, 1.82) is 0 Å².